The van der Waals surface area contributed by atoms with Crippen LogP contribution in [-0.4, -0.2) is 123 Å². The highest BCUT2D eigenvalue weighted by Gasteiger charge is 2.61. The van der Waals surface area contributed by atoms with Crippen LogP contribution in [-0.2, 0) is 25.1 Å². The number of ether oxygens (including phenoxy) is 5. The average molecular weight is 749 g/mol. The number of fused-ring (bicyclic) bond motifs is 2. The molecule has 0 spiro atoms. The van der Waals surface area contributed by atoms with Gasteiger partial charge in [-0.3, -0.25) is 24.2 Å². The SMILES string of the molecule is C.COC1=CC2[C@@H]3C(=O)c4ccc(OC)c(O)c4[C@]2(CCN3C)C[C@@H]1O.COC1=CC2[C@@H]3C(=O)c4ccc(OC)c(OC(C)=O)c4[C@]2(CCN3C)C[C@@H]1O. The minimum Gasteiger partial charge on any atom is -0.504 e. The summed E-state index contributed by atoms with van der Waals surface area (Å²) in [5.41, 5.74) is 1.32. The van der Waals surface area contributed by atoms with Gasteiger partial charge in [-0.2, -0.15) is 0 Å². The van der Waals surface area contributed by atoms with E-state index in [0.717, 1.165) is 19.4 Å². The number of likely N-dealkylation sites (tertiary alicyclic amines) is 2. The molecular formula is C41H52N2O11. The van der Waals surface area contributed by atoms with Gasteiger partial charge in [0, 0.05) is 51.8 Å². The number of phenols is 1. The summed E-state index contributed by atoms with van der Waals surface area (Å²) in [6.07, 6.45) is 4.50. The van der Waals surface area contributed by atoms with Gasteiger partial charge in [0.1, 0.15) is 23.7 Å². The molecule has 4 bridgehead atoms. The number of hydrogen-bond donors (Lipinski definition) is 3. The van der Waals surface area contributed by atoms with Crippen LogP contribution >= 0.6 is 0 Å². The van der Waals surface area contributed by atoms with E-state index in [1.165, 1.54) is 35.4 Å². The highest BCUT2D eigenvalue weighted by atomic mass is 16.6. The number of methoxy groups -OCH3 is 4. The molecule has 3 N–H and O–H groups in total. The number of nitrogens with zero attached hydrogens (tertiary/aromatic N) is 2. The summed E-state index contributed by atoms with van der Waals surface area (Å²) in [5, 5.41) is 32.2. The van der Waals surface area contributed by atoms with Gasteiger partial charge in [0.2, 0.25) is 0 Å². The number of carbonyl (C=O) groups is 3. The molecule has 6 aliphatic rings. The van der Waals surface area contributed by atoms with Crippen molar-refractivity contribution < 1.29 is 53.4 Å². The molecular weight excluding hydrogens is 696 g/mol. The van der Waals surface area contributed by atoms with E-state index in [0.29, 0.717) is 64.7 Å². The fourth-order valence-corrected chi connectivity index (χ4v) is 10.3. The molecule has 0 amide bonds. The summed E-state index contributed by atoms with van der Waals surface area (Å²) in [6.45, 7) is 2.76. The number of aromatic hydroxyl groups is 1. The van der Waals surface area contributed by atoms with Gasteiger partial charge in [0.15, 0.2) is 34.6 Å². The molecule has 8 atom stereocenters. The lowest BCUT2D eigenvalue weighted by molar-refractivity contribution is -0.132. The normalized spacial score (nSPS) is 32.0. The van der Waals surface area contributed by atoms with Gasteiger partial charge >= 0.3 is 5.97 Å². The van der Waals surface area contributed by atoms with Gasteiger partial charge in [-0.25, -0.2) is 0 Å². The Morgan fingerprint density at radius 2 is 1.17 bits per heavy atom. The van der Waals surface area contributed by atoms with Crippen molar-refractivity contribution in [3.63, 3.8) is 0 Å². The second-order valence-electron chi connectivity index (χ2n) is 15.1. The molecule has 13 heteroatoms. The maximum Gasteiger partial charge on any atom is 0.308 e. The van der Waals surface area contributed by atoms with E-state index in [-0.39, 0.29) is 54.4 Å². The molecule has 0 aromatic heterocycles. The minimum absolute atomic E-state index is 0. The summed E-state index contributed by atoms with van der Waals surface area (Å²) in [4.78, 5) is 42.6. The van der Waals surface area contributed by atoms with Gasteiger partial charge in [-0.15, -0.1) is 0 Å². The Kier molecular flexibility index (Phi) is 10.4. The molecule has 2 aromatic rings. The maximum atomic E-state index is 13.4. The average Bonchev–Trinajstić information content (AvgIpc) is 3.13. The monoisotopic (exact) mass is 748 g/mol. The summed E-state index contributed by atoms with van der Waals surface area (Å²) < 4.78 is 27.0. The maximum absolute atomic E-state index is 13.4. The zero-order chi connectivity index (χ0) is 38.1. The van der Waals surface area contributed by atoms with Crippen LogP contribution in [0, 0.1) is 11.8 Å². The van der Waals surface area contributed by atoms with E-state index < -0.39 is 29.0 Å². The van der Waals surface area contributed by atoms with Crippen LogP contribution in [0.15, 0.2) is 47.9 Å². The summed E-state index contributed by atoms with van der Waals surface area (Å²) in [7, 11) is 9.96. The van der Waals surface area contributed by atoms with Crippen molar-refractivity contribution >= 4 is 17.5 Å². The first-order valence-corrected chi connectivity index (χ1v) is 17.9. The first-order valence-electron chi connectivity index (χ1n) is 17.9. The number of carbonyl (C=O) groups excluding carboxylic acids is 3. The van der Waals surface area contributed by atoms with Crippen molar-refractivity contribution in [2.45, 2.75) is 75.2 Å². The van der Waals surface area contributed by atoms with Gasteiger partial charge < -0.3 is 39.0 Å². The fourth-order valence-electron chi connectivity index (χ4n) is 10.3. The van der Waals surface area contributed by atoms with Gasteiger partial charge in [0.25, 0.3) is 0 Å². The third-order valence-corrected chi connectivity index (χ3v) is 12.7. The Morgan fingerprint density at radius 3 is 1.61 bits per heavy atom. The van der Waals surface area contributed by atoms with E-state index in [1.54, 1.807) is 24.3 Å². The van der Waals surface area contributed by atoms with Crippen molar-refractivity contribution in [1.82, 2.24) is 9.80 Å². The molecule has 2 aromatic carbocycles. The van der Waals surface area contributed by atoms with Gasteiger partial charge in [-0.1, -0.05) is 7.43 Å². The Morgan fingerprint density at radius 1 is 0.722 bits per heavy atom. The molecule has 4 aliphatic carbocycles. The lowest BCUT2D eigenvalue weighted by Gasteiger charge is -2.56. The Hall–Kier alpha value is -4.43. The molecule has 2 saturated heterocycles. The quantitative estimate of drug-likeness (QED) is 0.300. The molecule has 292 valence electrons. The van der Waals surface area contributed by atoms with Crippen molar-refractivity contribution in [3.8, 4) is 23.0 Å². The number of esters is 1. The van der Waals surface area contributed by atoms with Crippen molar-refractivity contribution in [2.24, 2.45) is 11.8 Å². The number of hydrogen-bond acceptors (Lipinski definition) is 13. The predicted molar refractivity (Wildman–Crippen MR) is 198 cm³/mol. The van der Waals surface area contributed by atoms with Crippen LogP contribution in [0.3, 0.4) is 0 Å². The van der Waals surface area contributed by atoms with Crippen LogP contribution in [0.2, 0.25) is 0 Å². The lowest BCUT2D eigenvalue weighted by atomic mass is 9.53. The second kappa shape index (κ2) is 14.3. The number of aliphatic hydroxyl groups is 2. The first kappa shape index (κ1) is 39.3. The fraction of sp³-hybridized carbons (Fsp3) is 0.537. The number of rotatable bonds is 5. The summed E-state index contributed by atoms with van der Waals surface area (Å²) in [6, 6.07) is 6.12. The standard InChI is InChI=1S/C21H25NO6.C19H23NO5.CH4/c1-11(23)28-20-15(26-3)6-5-12-17(20)21-7-8-22(2)18(19(12)25)13(21)9-16(27-4)14(24)10-21;1-20-7-6-19-9-12(21)14(25-3)8-11(19)16(20)17(22)10-4-5-13(24-2)18(23)15(10)19;/h5-6,9,13-14,18,24H,7-8,10H2,1-4H3;4-5,8,11-12,16,21,23H,6-7,9H2,1-3H3;1H4/t13?,14-,18+,21+;11?,12-,16+,19+;/m00./s1. The van der Waals surface area contributed by atoms with Crippen molar-refractivity contribution in [1.29, 1.82) is 0 Å². The zero-order valence-corrected chi connectivity index (χ0v) is 31.2. The topological polar surface area (TPSA) is 165 Å². The van der Waals surface area contributed by atoms with Crippen LogP contribution in [0.5, 0.6) is 23.0 Å². The Bertz CT molecular complexity index is 1920. The number of aliphatic hydroxyl groups excluding tert-OH is 2. The van der Waals surface area contributed by atoms with E-state index in [9.17, 15) is 29.7 Å². The van der Waals surface area contributed by atoms with Gasteiger partial charge in [-0.05, 0) is 89.3 Å². The number of phenolic OH excluding ortho intramolecular Hbond substituents is 1. The third-order valence-electron chi connectivity index (χ3n) is 12.7. The van der Waals surface area contributed by atoms with Crippen LogP contribution in [0.4, 0.5) is 0 Å². The van der Waals surface area contributed by atoms with E-state index in [4.69, 9.17) is 23.7 Å². The summed E-state index contributed by atoms with van der Waals surface area (Å²) >= 11 is 0. The van der Waals surface area contributed by atoms with E-state index >= 15 is 0 Å². The molecule has 0 radical (unpaired) electrons. The largest absolute Gasteiger partial charge is 0.504 e. The van der Waals surface area contributed by atoms with E-state index in [2.05, 4.69) is 9.80 Å². The highest BCUT2D eigenvalue weighted by molar-refractivity contribution is 6.06. The first-order chi connectivity index (χ1) is 25.3. The number of likely N-dealkylation sites (N-methyl/N-ethyl adjacent to an activating group) is 2. The number of Topliss-reactive ketones (excluding diaryl/α,β-unsaturated/α-hetero) is 2. The molecule has 2 aliphatic heterocycles. The molecule has 13 nitrogen and oxygen atoms in total. The summed E-state index contributed by atoms with van der Waals surface area (Å²) in [5.74, 6) is 1.21. The molecule has 8 rings (SSSR count). The Balaban J connectivity index is 0.000000182. The molecule has 2 unspecified atom stereocenters. The number of benzene rings is 2. The van der Waals surface area contributed by atoms with Crippen molar-refractivity contribution in [3.05, 3.63) is 70.2 Å². The zero-order valence-electron chi connectivity index (χ0n) is 31.2. The molecule has 54 heavy (non-hydrogen) atoms. The smallest absolute Gasteiger partial charge is 0.308 e. The molecule has 2 heterocycles. The number of ketones is 2. The number of piperidine rings is 2. The van der Waals surface area contributed by atoms with Crippen LogP contribution in [0.25, 0.3) is 0 Å². The Labute approximate surface area is 316 Å². The van der Waals surface area contributed by atoms with Crippen LogP contribution in [0.1, 0.15) is 71.9 Å². The molecule has 0 saturated carbocycles. The molecule has 2 fully saturated rings. The van der Waals surface area contributed by atoms with E-state index in [1.807, 2.05) is 26.2 Å². The lowest BCUT2D eigenvalue weighted by Crippen LogP contribution is -2.63. The van der Waals surface area contributed by atoms with Crippen LogP contribution < -0.4 is 14.2 Å². The minimum atomic E-state index is -0.789. The third kappa shape index (κ3) is 5.61. The van der Waals surface area contributed by atoms with Gasteiger partial charge in [0.05, 0.1) is 40.5 Å². The highest BCUT2D eigenvalue weighted by Crippen LogP contribution is 2.60. The van der Waals surface area contributed by atoms with Crippen molar-refractivity contribution in [2.75, 3.05) is 55.6 Å². The predicted octanol–water partition coefficient (Wildman–Crippen LogP) is 3.76. The second-order valence-corrected chi connectivity index (χ2v) is 15.1.